The summed E-state index contributed by atoms with van der Waals surface area (Å²) in [6, 6.07) is 17.8. The molecule has 2 aliphatic heterocycles. The second kappa shape index (κ2) is 13.0. The summed E-state index contributed by atoms with van der Waals surface area (Å²) in [4.78, 5) is 51.1. The van der Waals surface area contributed by atoms with E-state index in [1.807, 2.05) is 57.0 Å². The van der Waals surface area contributed by atoms with Gasteiger partial charge in [-0.1, -0.05) is 42.5 Å². The fourth-order valence-corrected chi connectivity index (χ4v) is 5.63. The number of piperidine rings is 1. The number of imidazole rings is 1. The molecule has 2 aromatic carbocycles. The number of ether oxygens (including phenoxy) is 1. The smallest absolute Gasteiger partial charge is 0.410 e. The number of amides is 3. The van der Waals surface area contributed by atoms with Crippen molar-refractivity contribution in [3.05, 3.63) is 78.2 Å². The average molecular weight is 587 g/mol. The molecule has 0 spiro atoms. The summed E-state index contributed by atoms with van der Waals surface area (Å²) >= 11 is 0. The van der Waals surface area contributed by atoms with Gasteiger partial charge >= 0.3 is 12.1 Å². The second-order valence-corrected chi connectivity index (χ2v) is 12.4. The maximum atomic E-state index is 13.3. The molecule has 5 rings (SSSR count). The average Bonchev–Trinajstić information content (AvgIpc) is 3.51. The molecule has 10 nitrogen and oxygen atoms in total. The van der Waals surface area contributed by atoms with E-state index in [2.05, 4.69) is 34.1 Å². The highest BCUT2D eigenvalue weighted by Crippen LogP contribution is 2.22. The predicted molar refractivity (Wildman–Crippen MR) is 165 cm³/mol. The Morgan fingerprint density at radius 3 is 2.26 bits per heavy atom. The van der Waals surface area contributed by atoms with Crippen molar-refractivity contribution in [3.63, 3.8) is 0 Å². The lowest BCUT2D eigenvalue weighted by atomic mass is 10.0. The number of carbonyl (C=O) groups is 3. The van der Waals surface area contributed by atoms with Gasteiger partial charge in [-0.3, -0.25) is 14.3 Å². The Labute approximate surface area is 253 Å². The van der Waals surface area contributed by atoms with Crippen molar-refractivity contribution in [1.29, 1.82) is 0 Å². The molecule has 43 heavy (non-hydrogen) atoms. The van der Waals surface area contributed by atoms with Gasteiger partial charge in [0.05, 0.1) is 5.69 Å². The lowest BCUT2D eigenvalue weighted by Crippen LogP contribution is -2.51. The summed E-state index contributed by atoms with van der Waals surface area (Å²) in [5.41, 5.74) is 2.69. The normalized spacial score (nSPS) is 16.7. The molecule has 2 aliphatic rings. The monoisotopic (exact) mass is 586 g/mol. The Morgan fingerprint density at radius 1 is 0.907 bits per heavy atom. The molecule has 0 bridgehead atoms. The number of hydrogen-bond donors (Lipinski definition) is 0. The quantitative estimate of drug-likeness (QED) is 0.426. The number of benzene rings is 2. The van der Waals surface area contributed by atoms with Crippen molar-refractivity contribution in [1.82, 2.24) is 29.2 Å². The van der Waals surface area contributed by atoms with Gasteiger partial charge in [-0.2, -0.15) is 0 Å². The Balaban J connectivity index is 1.15. The molecule has 0 atom stereocenters. The van der Waals surface area contributed by atoms with Crippen LogP contribution in [-0.4, -0.2) is 105 Å². The number of likely N-dealkylation sites (tertiary alicyclic amines) is 1. The first-order valence-corrected chi connectivity index (χ1v) is 15.0. The first kappa shape index (κ1) is 30.3. The topological polar surface area (TPSA) is 91.2 Å². The maximum Gasteiger partial charge on any atom is 0.410 e. The molecule has 1 aromatic heterocycles. The molecule has 2 saturated heterocycles. The number of nitrogens with zero attached hydrogens (tertiary/aromatic N) is 6. The molecule has 3 heterocycles. The van der Waals surface area contributed by atoms with Gasteiger partial charge in [0.2, 0.25) is 0 Å². The molecular weight excluding hydrogens is 544 g/mol. The summed E-state index contributed by atoms with van der Waals surface area (Å²) in [7, 11) is 1.86. The molecule has 3 aromatic rings. The van der Waals surface area contributed by atoms with Crippen LogP contribution in [0.2, 0.25) is 0 Å². The summed E-state index contributed by atoms with van der Waals surface area (Å²) in [6.07, 6.45) is 4.76. The van der Waals surface area contributed by atoms with E-state index in [4.69, 9.17) is 4.74 Å². The van der Waals surface area contributed by atoms with E-state index < -0.39 is 5.60 Å². The first-order chi connectivity index (χ1) is 20.6. The number of rotatable bonds is 5. The Bertz CT molecular complexity index is 1420. The summed E-state index contributed by atoms with van der Waals surface area (Å²) in [5, 5.41) is 0. The van der Waals surface area contributed by atoms with Crippen molar-refractivity contribution >= 4 is 18.0 Å². The predicted octanol–water partition coefficient (Wildman–Crippen LogP) is 4.81. The van der Waals surface area contributed by atoms with Gasteiger partial charge in [0, 0.05) is 76.2 Å². The summed E-state index contributed by atoms with van der Waals surface area (Å²) in [6.45, 7) is 10.1. The van der Waals surface area contributed by atoms with E-state index >= 15 is 0 Å². The van der Waals surface area contributed by atoms with Gasteiger partial charge in [-0.15, -0.1) is 0 Å². The number of hydrogen-bond acceptors (Lipinski definition) is 6. The minimum absolute atomic E-state index is 0.0977. The third-order valence-corrected chi connectivity index (χ3v) is 8.08. The number of aromatic nitrogens is 2. The molecule has 0 aliphatic carbocycles. The van der Waals surface area contributed by atoms with Crippen LogP contribution < -0.4 is 0 Å². The molecular formula is C33H42N6O4. The molecule has 2 fully saturated rings. The lowest BCUT2D eigenvalue weighted by Gasteiger charge is -2.36. The van der Waals surface area contributed by atoms with Crippen molar-refractivity contribution in [3.8, 4) is 11.3 Å². The van der Waals surface area contributed by atoms with Gasteiger partial charge in [0.15, 0.2) is 0 Å². The number of piperazine rings is 1. The molecule has 0 unspecified atom stereocenters. The minimum Gasteiger partial charge on any atom is -0.444 e. The third kappa shape index (κ3) is 7.62. The SMILES string of the molecule is CN(C(=O)n1cnc(-c2cccc(C(=O)N3CCN(C(=O)OC(C)(C)C)CC3)c2)c1)C1CCN(Cc2ccccc2)CC1. The fourth-order valence-electron chi connectivity index (χ4n) is 5.63. The standard InChI is InChI=1S/C33H42N6O4/c1-33(2,3)43-32(42)38-19-17-37(18-20-38)30(40)27-12-8-11-26(21-27)29-23-39(24-34-29)31(41)35(4)28-13-15-36(16-14-28)22-25-9-6-5-7-10-25/h5-12,21,23-24,28H,13-20,22H2,1-4H3. The van der Waals surface area contributed by atoms with Crippen LogP contribution in [0.5, 0.6) is 0 Å². The summed E-state index contributed by atoms with van der Waals surface area (Å²) < 4.78 is 6.98. The first-order valence-electron chi connectivity index (χ1n) is 15.0. The van der Waals surface area contributed by atoms with Crippen LogP contribution in [0.1, 0.15) is 49.5 Å². The van der Waals surface area contributed by atoms with Gasteiger partial charge in [-0.25, -0.2) is 14.6 Å². The van der Waals surface area contributed by atoms with Crippen molar-refractivity contribution in [2.24, 2.45) is 0 Å². The van der Waals surface area contributed by atoms with E-state index in [-0.39, 0.29) is 24.1 Å². The van der Waals surface area contributed by atoms with Crippen LogP contribution in [0.15, 0.2) is 67.1 Å². The van der Waals surface area contributed by atoms with E-state index in [0.717, 1.165) is 38.0 Å². The van der Waals surface area contributed by atoms with Crippen LogP contribution in [0.3, 0.4) is 0 Å². The van der Waals surface area contributed by atoms with Gasteiger partial charge in [0.25, 0.3) is 5.91 Å². The Kier molecular flexibility index (Phi) is 9.15. The van der Waals surface area contributed by atoms with Crippen molar-refractivity contribution in [2.75, 3.05) is 46.3 Å². The Morgan fingerprint density at radius 2 is 1.58 bits per heavy atom. The van der Waals surface area contributed by atoms with E-state index in [9.17, 15) is 14.4 Å². The third-order valence-electron chi connectivity index (χ3n) is 8.08. The van der Waals surface area contributed by atoms with Crippen molar-refractivity contribution < 1.29 is 19.1 Å². The van der Waals surface area contributed by atoms with Crippen LogP contribution in [0.25, 0.3) is 11.3 Å². The highest BCUT2D eigenvalue weighted by molar-refractivity contribution is 5.95. The molecule has 0 saturated carbocycles. The van der Waals surface area contributed by atoms with Crippen molar-refractivity contribution in [2.45, 2.75) is 51.8 Å². The Hall–Kier alpha value is -4.18. The highest BCUT2D eigenvalue weighted by Gasteiger charge is 2.29. The van der Waals surface area contributed by atoms with E-state index in [1.165, 1.54) is 10.1 Å². The van der Waals surface area contributed by atoms with Gasteiger partial charge in [-0.05, 0) is 51.3 Å². The fraction of sp³-hybridized carbons (Fsp3) is 0.455. The molecule has 0 N–H and O–H groups in total. The zero-order valence-electron chi connectivity index (χ0n) is 25.6. The molecule has 3 amide bonds. The highest BCUT2D eigenvalue weighted by atomic mass is 16.6. The lowest BCUT2D eigenvalue weighted by molar-refractivity contribution is 0.0141. The molecule has 10 heteroatoms. The summed E-state index contributed by atoms with van der Waals surface area (Å²) in [5.74, 6) is -0.0977. The zero-order valence-corrected chi connectivity index (χ0v) is 25.6. The van der Waals surface area contributed by atoms with Gasteiger partial charge in [0.1, 0.15) is 11.9 Å². The second-order valence-electron chi connectivity index (χ2n) is 12.4. The zero-order chi connectivity index (χ0) is 30.6. The van der Waals surface area contributed by atoms with Crippen LogP contribution in [0.4, 0.5) is 9.59 Å². The van der Waals surface area contributed by atoms with Crippen LogP contribution in [-0.2, 0) is 11.3 Å². The van der Waals surface area contributed by atoms with Crippen LogP contribution >= 0.6 is 0 Å². The molecule has 228 valence electrons. The van der Waals surface area contributed by atoms with E-state index in [0.29, 0.717) is 37.4 Å². The largest absolute Gasteiger partial charge is 0.444 e. The maximum absolute atomic E-state index is 13.3. The van der Waals surface area contributed by atoms with E-state index in [1.54, 1.807) is 28.4 Å². The van der Waals surface area contributed by atoms with Crippen LogP contribution in [0, 0.1) is 0 Å². The minimum atomic E-state index is -0.558. The van der Waals surface area contributed by atoms with Gasteiger partial charge < -0.3 is 19.4 Å². The number of carbonyl (C=O) groups excluding carboxylic acids is 3. The molecule has 0 radical (unpaired) electrons.